The number of fused-ring (bicyclic) bond motifs is 6. The summed E-state index contributed by atoms with van der Waals surface area (Å²) in [5.74, 6) is 0.643. The van der Waals surface area contributed by atoms with Crippen LogP contribution in [0.15, 0.2) is 190 Å². The van der Waals surface area contributed by atoms with Crippen molar-refractivity contribution in [3.63, 3.8) is 0 Å². The molecule has 0 aliphatic carbocycles. The summed E-state index contributed by atoms with van der Waals surface area (Å²) >= 11 is 0. The molecule has 0 fully saturated rings. The van der Waals surface area contributed by atoms with E-state index in [0.717, 1.165) is 66.9 Å². The lowest BCUT2D eigenvalue weighted by Crippen LogP contribution is -2.04. The lowest BCUT2D eigenvalue weighted by molar-refractivity contribution is 0.669. The van der Waals surface area contributed by atoms with E-state index in [9.17, 15) is 0 Å². The van der Waals surface area contributed by atoms with Gasteiger partial charge in [0.05, 0.1) is 16.7 Å². The number of hydrogen-bond donors (Lipinski definition) is 0. The Morgan fingerprint density at radius 1 is 0.500 bits per heavy atom. The number of nitrogens with zero attached hydrogens (tertiary/aromatic N) is 3. The molecule has 248 valence electrons. The quantitative estimate of drug-likeness (QED) is 0.128. The summed E-state index contributed by atoms with van der Waals surface area (Å²) < 4.78 is 8.56. The molecule has 0 spiro atoms. The van der Waals surface area contributed by atoms with Crippen LogP contribution in [-0.4, -0.2) is 16.1 Å². The number of furan rings is 1. The lowest BCUT2D eigenvalue weighted by Gasteiger charge is -2.11. The number of amidine groups is 1. The van der Waals surface area contributed by atoms with Gasteiger partial charge in [-0.25, -0.2) is 9.98 Å². The molecule has 0 unspecified atom stereocenters. The van der Waals surface area contributed by atoms with E-state index in [4.69, 9.17) is 14.4 Å². The number of rotatable bonds is 6. The maximum absolute atomic E-state index is 6.21. The second kappa shape index (κ2) is 13.2. The third kappa shape index (κ3) is 5.61. The van der Waals surface area contributed by atoms with Crippen molar-refractivity contribution >= 4 is 61.0 Å². The molecule has 4 nitrogen and oxygen atoms in total. The monoisotopic (exact) mass is 669 g/mol. The highest BCUT2D eigenvalue weighted by molar-refractivity contribution is 6.15. The number of aliphatic imine (C=N–C) groups is 2. The van der Waals surface area contributed by atoms with Crippen LogP contribution in [0, 0.1) is 0 Å². The van der Waals surface area contributed by atoms with Crippen LogP contribution >= 0.6 is 0 Å². The fourth-order valence-corrected chi connectivity index (χ4v) is 7.18. The van der Waals surface area contributed by atoms with Gasteiger partial charge in [0, 0.05) is 38.5 Å². The van der Waals surface area contributed by atoms with Crippen molar-refractivity contribution in [1.82, 2.24) is 4.57 Å². The Kier molecular flexibility index (Phi) is 7.90. The molecule has 0 saturated heterocycles. The Balaban J connectivity index is 1.11. The first-order valence-corrected chi connectivity index (χ1v) is 17.6. The van der Waals surface area contributed by atoms with E-state index in [0.29, 0.717) is 5.84 Å². The van der Waals surface area contributed by atoms with Crippen LogP contribution in [0.2, 0.25) is 0 Å². The summed E-state index contributed by atoms with van der Waals surface area (Å²) in [4.78, 5) is 10.3. The lowest BCUT2D eigenvalue weighted by atomic mass is 10.0. The zero-order valence-electron chi connectivity index (χ0n) is 29.0. The van der Waals surface area contributed by atoms with Gasteiger partial charge in [-0.1, -0.05) is 133 Å². The molecule has 2 aromatic heterocycles. The Hall–Kier alpha value is -6.78. The largest absolute Gasteiger partial charge is 0.456 e. The Bertz CT molecular complexity index is 2800. The second-order valence-corrected chi connectivity index (χ2v) is 13.0. The van der Waals surface area contributed by atoms with Gasteiger partial charge in [-0.2, -0.15) is 0 Å². The van der Waals surface area contributed by atoms with Crippen LogP contribution < -0.4 is 0 Å². The van der Waals surface area contributed by atoms with Crippen LogP contribution in [0.5, 0.6) is 0 Å². The molecule has 0 aliphatic rings. The summed E-state index contributed by atoms with van der Waals surface area (Å²) in [5.41, 5.74) is 12.2. The number of hydrogen-bond acceptors (Lipinski definition) is 2. The standard InChI is InChI=1S/C48H35N3O/c1-3-43(34-14-5-4-6-15-34)50-48(49-32(2)36-28-29-42-41-20-9-12-23-46(41)52-47(42)31-36)35-26-24-33(25-27-35)37-16-13-17-38(30-37)51-44-21-10-7-18-39(44)40-19-8-11-22-45(40)51/h3-31H,1-2H3/b43-3-,49-32?,50-48?. The van der Waals surface area contributed by atoms with E-state index >= 15 is 0 Å². The minimum atomic E-state index is 0.643. The van der Waals surface area contributed by atoms with Crippen molar-refractivity contribution < 1.29 is 4.42 Å². The van der Waals surface area contributed by atoms with Gasteiger partial charge in [-0.15, -0.1) is 0 Å². The first-order valence-electron chi connectivity index (χ1n) is 17.6. The zero-order valence-corrected chi connectivity index (χ0v) is 29.0. The average Bonchev–Trinajstić information content (AvgIpc) is 3.75. The first-order chi connectivity index (χ1) is 25.6. The van der Waals surface area contributed by atoms with Crippen LogP contribution in [0.1, 0.15) is 30.5 Å². The molecule has 7 aromatic carbocycles. The van der Waals surface area contributed by atoms with Gasteiger partial charge < -0.3 is 8.98 Å². The molecule has 9 aromatic rings. The molecule has 0 aliphatic heterocycles. The number of allylic oxidation sites excluding steroid dienone is 1. The van der Waals surface area contributed by atoms with Crippen molar-refractivity contribution in [1.29, 1.82) is 0 Å². The Morgan fingerprint density at radius 3 is 1.87 bits per heavy atom. The number of aromatic nitrogens is 1. The van der Waals surface area contributed by atoms with Gasteiger partial charge in [0.2, 0.25) is 0 Å². The van der Waals surface area contributed by atoms with Crippen molar-refractivity contribution in [2.75, 3.05) is 0 Å². The number of benzene rings is 7. The van der Waals surface area contributed by atoms with E-state index in [1.54, 1.807) is 0 Å². The summed E-state index contributed by atoms with van der Waals surface area (Å²) in [5, 5.41) is 4.72. The van der Waals surface area contributed by atoms with Crippen molar-refractivity contribution in [3.05, 3.63) is 193 Å². The predicted octanol–water partition coefficient (Wildman–Crippen LogP) is 12.7. The smallest absolute Gasteiger partial charge is 0.160 e. The van der Waals surface area contributed by atoms with Crippen LogP contribution in [-0.2, 0) is 0 Å². The maximum Gasteiger partial charge on any atom is 0.160 e. The van der Waals surface area contributed by atoms with E-state index in [1.165, 1.54) is 21.8 Å². The molecule has 0 amide bonds. The molecule has 2 heterocycles. The topological polar surface area (TPSA) is 42.8 Å². The van der Waals surface area contributed by atoms with Crippen molar-refractivity contribution in [2.45, 2.75) is 13.8 Å². The molecule has 4 heteroatoms. The van der Waals surface area contributed by atoms with Crippen LogP contribution in [0.3, 0.4) is 0 Å². The third-order valence-corrected chi connectivity index (χ3v) is 9.80. The van der Waals surface area contributed by atoms with Crippen molar-refractivity contribution in [3.8, 4) is 16.8 Å². The van der Waals surface area contributed by atoms with E-state index < -0.39 is 0 Å². The summed E-state index contributed by atoms with van der Waals surface area (Å²) in [6, 6.07) is 59.3. The first kappa shape index (κ1) is 31.2. The highest BCUT2D eigenvalue weighted by Gasteiger charge is 2.14. The van der Waals surface area contributed by atoms with E-state index in [2.05, 4.69) is 138 Å². The van der Waals surface area contributed by atoms with Gasteiger partial charge in [-0.3, -0.25) is 0 Å². The molecular formula is C48H35N3O. The minimum Gasteiger partial charge on any atom is -0.456 e. The number of para-hydroxylation sites is 3. The summed E-state index contributed by atoms with van der Waals surface area (Å²) in [7, 11) is 0. The molecular weight excluding hydrogens is 635 g/mol. The van der Waals surface area contributed by atoms with E-state index in [1.807, 2.05) is 56.3 Å². The van der Waals surface area contributed by atoms with Gasteiger partial charge >= 0.3 is 0 Å². The molecule has 0 saturated carbocycles. The molecule has 0 atom stereocenters. The fourth-order valence-electron chi connectivity index (χ4n) is 7.18. The average molecular weight is 670 g/mol. The van der Waals surface area contributed by atoms with Gasteiger partial charge in [0.1, 0.15) is 11.2 Å². The Labute approximate surface area is 302 Å². The normalized spacial score (nSPS) is 12.8. The molecule has 0 bridgehead atoms. The van der Waals surface area contributed by atoms with Crippen LogP contribution in [0.25, 0.3) is 66.3 Å². The second-order valence-electron chi connectivity index (χ2n) is 13.0. The Morgan fingerprint density at radius 2 is 1.13 bits per heavy atom. The molecule has 0 N–H and O–H groups in total. The molecule has 9 rings (SSSR count). The van der Waals surface area contributed by atoms with Gasteiger partial charge in [0.15, 0.2) is 5.84 Å². The highest BCUT2D eigenvalue weighted by atomic mass is 16.3. The van der Waals surface area contributed by atoms with Gasteiger partial charge in [-0.05, 0) is 78.6 Å². The molecule has 0 radical (unpaired) electrons. The van der Waals surface area contributed by atoms with Crippen LogP contribution in [0.4, 0.5) is 0 Å². The predicted molar refractivity (Wildman–Crippen MR) is 219 cm³/mol. The summed E-state index contributed by atoms with van der Waals surface area (Å²) in [6.07, 6.45) is 2.04. The minimum absolute atomic E-state index is 0.643. The van der Waals surface area contributed by atoms with Gasteiger partial charge in [0.25, 0.3) is 0 Å². The summed E-state index contributed by atoms with van der Waals surface area (Å²) in [6.45, 7) is 4.05. The fraction of sp³-hybridized carbons (Fsp3) is 0.0417. The third-order valence-electron chi connectivity index (χ3n) is 9.80. The zero-order chi connectivity index (χ0) is 35.0. The van der Waals surface area contributed by atoms with E-state index in [-0.39, 0.29) is 0 Å². The molecule has 52 heavy (non-hydrogen) atoms. The SMILES string of the molecule is C/C=C(\N=C(N=C(C)c1ccc2c(c1)oc1ccccc12)c1ccc(-c2cccc(-n3c4ccccc4c4ccccc43)c2)cc1)c1ccccc1. The maximum atomic E-state index is 6.21. The van der Waals surface area contributed by atoms with Crippen molar-refractivity contribution in [2.24, 2.45) is 9.98 Å². The highest BCUT2D eigenvalue weighted by Crippen LogP contribution is 2.34.